The highest BCUT2D eigenvalue weighted by molar-refractivity contribution is 5.84. The van der Waals surface area contributed by atoms with Crippen molar-refractivity contribution in [2.45, 2.75) is 51.4 Å². The first kappa shape index (κ1) is 21.8. The number of amides is 2. The maximum Gasteiger partial charge on any atom is 0.227 e. The Morgan fingerprint density at radius 3 is 2.59 bits per heavy atom. The minimum atomic E-state index is -0.0190. The lowest BCUT2D eigenvalue weighted by atomic mass is 9.90. The molecule has 0 spiro atoms. The second-order valence-corrected chi connectivity index (χ2v) is 8.57. The topological polar surface area (TPSA) is 49.9 Å². The minimum Gasteiger partial charge on any atom is -0.385 e. The summed E-state index contributed by atoms with van der Waals surface area (Å²) < 4.78 is 5.15. The van der Waals surface area contributed by atoms with Gasteiger partial charge in [0.05, 0.1) is 5.92 Å². The molecule has 2 aliphatic heterocycles. The first-order chi connectivity index (χ1) is 14.2. The van der Waals surface area contributed by atoms with Gasteiger partial charge in [-0.15, -0.1) is 0 Å². The first-order valence-corrected chi connectivity index (χ1v) is 11.3. The third-order valence-electron chi connectivity index (χ3n) is 6.47. The normalized spacial score (nSPS) is 20.9. The minimum absolute atomic E-state index is 0.0190. The summed E-state index contributed by atoms with van der Waals surface area (Å²) in [7, 11) is 1.75. The largest absolute Gasteiger partial charge is 0.385 e. The summed E-state index contributed by atoms with van der Waals surface area (Å²) >= 11 is 0. The van der Waals surface area contributed by atoms with E-state index in [4.69, 9.17) is 4.74 Å². The van der Waals surface area contributed by atoms with Crippen LogP contribution in [-0.2, 0) is 20.7 Å². The lowest BCUT2D eigenvalue weighted by molar-refractivity contribution is -0.144. The van der Waals surface area contributed by atoms with E-state index >= 15 is 0 Å². The van der Waals surface area contributed by atoms with Crippen molar-refractivity contribution in [3.8, 4) is 0 Å². The molecule has 0 bridgehead atoms. The van der Waals surface area contributed by atoms with Gasteiger partial charge in [-0.05, 0) is 56.4 Å². The van der Waals surface area contributed by atoms with Gasteiger partial charge in [-0.1, -0.05) is 30.3 Å². The number of likely N-dealkylation sites (tertiary alicyclic amines) is 2. The summed E-state index contributed by atoms with van der Waals surface area (Å²) in [6.07, 6.45) is 7.64. The summed E-state index contributed by atoms with van der Waals surface area (Å²) in [5, 5.41) is 0. The third kappa shape index (κ3) is 6.56. The summed E-state index contributed by atoms with van der Waals surface area (Å²) in [6, 6.07) is 10.4. The second kappa shape index (κ2) is 11.3. The van der Waals surface area contributed by atoms with E-state index in [2.05, 4.69) is 29.2 Å². The number of methoxy groups -OCH3 is 1. The lowest BCUT2D eigenvalue weighted by Crippen LogP contribution is -2.49. The number of aryl methyl sites for hydroxylation is 1. The molecule has 2 fully saturated rings. The van der Waals surface area contributed by atoms with Crippen molar-refractivity contribution >= 4 is 11.8 Å². The number of hydrogen-bond donors (Lipinski definition) is 0. The Hall–Kier alpha value is -1.88. The maximum absolute atomic E-state index is 13.0. The average molecular weight is 401 g/mol. The van der Waals surface area contributed by atoms with Crippen LogP contribution in [0.2, 0.25) is 0 Å². The quantitative estimate of drug-likeness (QED) is 0.596. The van der Waals surface area contributed by atoms with E-state index in [1.54, 1.807) is 7.11 Å². The fourth-order valence-corrected chi connectivity index (χ4v) is 4.67. The standard InChI is InChI=1S/C24H36N2O3/c1-29-18-6-10-21-13-16-25(17-14-21)24(28)22-11-12-23(27)26(19-22)15-5-9-20-7-3-2-4-8-20/h2-4,7-8,21-22H,5-6,9-19H2,1H3/t22-/m0/s1. The summed E-state index contributed by atoms with van der Waals surface area (Å²) in [5.41, 5.74) is 1.30. The molecule has 3 rings (SSSR count). The summed E-state index contributed by atoms with van der Waals surface area (Å²) in [4.78, 5) is 29.3. The summed E-state index contributed by atoms with van der Waals surface area (Å²) in [6.45, 7) is 3.92. The van der Waals surface area contributed by atoms with Crippen LogP contribution in [0.25, 0.3) is 0 Å². The Balaban J connectivity index is 1.42. The van der Waals surface area contributed by atoms with Crippen LogP contribution in [0.15, 0.2) is 30.3 Å². The number of hydrogen-bond acceptors (Lipinski definition) is 3. The molecule has 0 aromatic heterocycles. The van der Waals surface area contributed by atoms with Gasteiger partial charge in [0.1, 0.15) is 0 Å². The van der Waals surface area contributed by atoms with E-state index < -0.39 is 0 Å². The highest BCUT2D eigenvalue weighted by Gasteiger charge is 2.33. The predicted octanol–water partition coefficient (Wildman–Crippen LogP) is 3.52. The van der Waals surface area contributed by atoms with Gasteiger partial charge in [-0.2, -0.15) is 0 Å². The number of rotatable bonds is 9. The number of benzene rings is 1. The van der Waals surface area contributed by atoms with Crippen molar-refractivity contribution in [2.24, 2.45) is 11.8 Å². The number of piperidine rings is 2. The lowest BCUT2D eigenvalue weighted by Gasteiger charge is -2.38. The molecule has 0 aliphatic carbocycles. The molecule has 0 saturated carbocycles. The van der Waals surface area contributed by atoms with Crippen LogP contribution in [0.4, 0.5) is 0 Å². The van der Waals surface area contributed by atoms with Crippen molar-refractivity contribution in [3.05, 3.63) is 35.9 Å². The van der Waals surface area contributed by atoms with Gasteiger partial charge in [-0.3, -0.25) is 9.59 Å². The predicted molar refractivity (Wildman–Crippen MR) is 114 cm³/mol. The molecule has 1 aromatic carbocycles. The van der Waals surface area contributed by atoms with Gasteiger partial charge < -0.3 is 14.5 Å². The van der Waals surface area contributed by atoms with E-state index in [9.17, 15) is 9.59 Å². The van der Waals surface area contributed by atoms with Crippen molar-refractivity contribution in [3.63, 3.8) is 0 Å². The zero-order valence-electron chi connectivity index (χ0n) is 17.9. The monoisotopic (exact) mass is 400 g/mol. The number of nitrogens with zero attached hydrogens (tertiary/aromatic N) is 2. The SMILES string of the molecule is COCCCC1CCN(C(=O)[C@H]2CCC(=O)N(CCCc3ccccc3)C2)CC1. The van der Waals surface area contributed by atoms with Crippen LogP contribution in [0.3, 0.4) is 0 Å². The fourth-order valence-electron chi connectivity index (χ4n) is 4.67. The molecular weight excluding hydrogens is 364 g/mol. The molecule has 5 heteroatoms. The molecule has 2 heterocycles. The van der Waals surface area contributed by atoms with Crippen LogP contribution < -0.4 is 0 Å². The van der Waals surface area contributed by atoms with Gasteiger partial charge in [0, 0.05) is 46.3 Å². The first-order valence-electron chi connectivity index (χ1n) is 11.3. The summed E-state index contributed by atoms with van der Waals surface area (Å²) in [5.74, 6) is 1.17. The van der Waals surface area contributed by atoms with E-state index in [0.29, 0.717) is 19.4 Å². The molecule has 160 valence electrons. The Labute approximate surface area is 175 Å². The molecular formula is C24H36N2O3. The zero-order chi connectivity index (χ0) is 20.5. The van der Waals surface area contributed by atoms with Crippen molar-refractivity contribution in [1.82, 2.24) is 9.80 Å². The Morgan fingerprint density at radius 2 is 1.86 bits per heavy atom. The van der Waals surface area contributed by atoms with Gasteiger partial charge in [0.25, 0.3) is 0 Å². The molecule has 0 N–H and O–H groups in total. The highest BCUT2D eigenvalue weighted by Crippen LogP contribution is 2.26. The van der Waals surface area contributed by atoms with Crippen LogP contribution in [-0.4, -0.2) is 61.5 Å². The average Bonchev–Trinajstić information content (AvgIpc) is 2.76. The van der Waals surface area contributed by atoms with Crippen molar-refractivity contribution in [2.75, 3.05) is 39.9 Å². The zero-order valence-corrected chi connectivity index (χ0v) is 17.9. The van der Waals surface area contributed by atoms with Crippen LogP contribution in [0, 0.1) is 11.8 Å². The van der Waals surface area contributed by atoms with Gasteiger partial charge in [-0.25, -0.2) is 0 Å². The Morgan fingerprint density at radius 1 is 1.10 bits per heavy atom. The Kier molecular flexibility index (Phi) is 8.53. The van der Waals surface area contributed by atoms with Crippen LogP contribution in [0.1, 0.15) is 50.5 Å². The molecule has 0 radical (unpaired) electrons. The molecule has 2 saturated heterocycles. The van der Waals surface area contributed by atoms with E-state index in [1.807, 2.05) is 11.0 Å². The van der Waals surface area contributed by atoms with Crippen molar-refractivity contribution in [1.29, 1.82) is 0 Å². The number of carbonyl (C=O) groups excluding carboxylic acids is 2. The van der Waals surface area contributed by atoms with Gasteiger partial charge in [0.15, 0.2) is 0 Å². The molecule has 0 unspecified atom stereocenters. The smallest absolute Gasteiger partial charge is 0.227 e. The molecule has 29 heavy (non-hydrogen) atoms. The molecule has 1 aromatic rings. The maximum atomic E-state index is 13.0. The van der Waals surface area contributed by atoms with E-state index in [1.165, 1.54) is 12.0 Å². The third-order valence-corrected chi connectivity index (χ3v) is 6.47. The number of ether oxygens (including phenoxy) is 1. The van der Waals surface area contributed by atoms with Crippen LogP contribution in [0.5, 0.6) is 0 Å². The van der Waals surface area contributed by atoms with Crippen LogP contribution >= 0.6 is 0 Å². The van der Waals surface area contributed by atoms with Gasteiger partial charge in [0.2, 0.25) is 11.8 Å². The Bertz CT molecular complexity index is 641. The van der Waals surface area contributed by atoms with E-state index in [-0.39, 0.29) is 17.7 Å². The van der Waals surface area contributed by atoms with E-state index in [0.717, 1.165) is 64.3 Å². The number of carbonyl (C=O) groups is 2. The second-order valence-electron chi connectivity index (χ2n) is 8.57. The fraction of sp³-hybridized carbons (Fsp3) is 0.667. The molecule has 1 atom stereocenters. The molecule has 2 amide bonds. The highest BCUT2D eigenvalue weighted by atomic mass is 16.5. The van der Waals surface area contributed by atoms with Gasteiger partial charge >= 0.3 is 0 Å². The van der Waals surface area contributed by atoms with Crippen molar-refractivity contribution < 1.29 is 14.3 Å². The molecule has 2 aliphatic rings. The molecule has 5 nitrogen and oxygen atoms in total.